The Morgan fingerprint density at radius 2 is 0.842 bits per heavy atom. The molecule has 10 rings (SSSR count). The lowest BCUT2D eigenvalue weighted by atomic mass is 10.0. The van der Waals surface area contributed by atoms with E-state index in [0.29, 0.717) is 5.57 Å². The Balaban J connectivity index is 1.02. The lowest BCUT2D eigenvalue weighted by Gasteiger charge is -2.26. The third-order valence-electron chi connectivity index (χ3n) is 10.7. The van der Waals surface area contributed by atoms with Gasteiger partial charge in [-0.05, 0) is 101 Å². The summed E-state index contributed by atoms with van der Waals surface area (Å²) in [6.45, 7) is 5.45. The summed E-state index contributed by atoms with van der Waals surface area (Å²) in [6.07, 6.45) is 0. The van der Waals surface area contributed by atoms with Crippen molar-refractivity contribution in [2.75, 3.05) is 10.2 Å². The van der Waals surface area contributed by atoms with Gasteiger partial charge in [-0.1, -0.05) is 128 Å². The number of nitrogens with zero attached hydrogens (tertiary/aromatic N) is 1. The first-order valence-electron chi connectivity index (χ1n) is 19.0. The Morgan fingerprint density at radius 3 is 1.28 bits per heavy atom. The number of thiophene rings is 2. The maximum absolute atomic E-state index is 12.1. The molecule has 8 aromatic carbocycles. The minimum atomic E-state index is -0.178. The van der Waals surface area contributed by atoms with E-state index in [0.717, 1.165) is 33.9 Å². The van der Waals surface area contributed by atoms with Crippen molar-refractivity contribution in [3.05, 3.63) is 194 Å². The van der Waals surface area contributed by atoms with Gasteiger partial charge in [-0.25, -0.2) is 0 Å². The van der Waals surface area contributed by atoms with Crippen molar-refractivity contribution in [3.63, 3.8) is 0 Å². The van der Waals surface area contributed by atoms with E-state index in [1.807, 2.05) is 46.9 Å². The highest BCUT2D eigenvalue weighted by Crippen LogP contribution is 2.43. The van der Waals surface area contributed by atoms with Crippen LogP contribution in [-0.2, 0) is 4.79 Å². The Bertz CT molecular complexity index is 2960. The second kappa shape index (κ2) is 14.4. The van der Waals surface area contributed by atoms with Gasteiger partial charge in [0, 0.05) is 68.7 Å². The number of benzene rings is 8. The van der Waals surface area contributed by atoms with E-state index in [-0.39, 0.29) is 5.91 Å². The van der Waals surface area contributed by atoms with Crippen LogP contribution in [0.1, 0.15) is 6.92 Å². The maximum Gasteiger partial charge on any atom is 0.250 e. The SMILES string of the molecule is C=C(C)C(=O)Nc1ccc(-c2ccc(N(c3ccc(-c4cccc5c4sc4ccccc45)cc3)c3ccc(-c4cccc5c4sc4ccccc45)cc3)cc2)cc1. The highest BCUT2D eigenvalue weighted by atomic mass is 32.1. The van der Waals surface area contributed by atoms with Gasteiger partial charge in [-0.3, -0.25) is 4.79 Å². The summed E-state index contributed by atoms with van der Waals surface area (Å²) in [4.78, 5) is 14.5. The number of anilines is 4. The van der Waals surface area contributed by atoms with Gasteiger partial charge in [0.2, 0.25) is 0 Å². The lowest BCUT2D eigenvalue weighted by Crippen LogP contribution is -2.11. The molecule has 0 aliphatic rings. The zero-order chi connectivity index (χ0) is 38.5. The number of hydrogen-bond donors (Lipinski definition) is 1. The van der Waals surface area contributed by atoms with Crippen molar-refractivity contribution in [1.29, 1.82) is 0 Å². The second-order valence-electron chi connectivity index (χ2n) is 14.3. The van der Waals surface area contributed by atoms with E-state index in [1.54, 1.807) is 6.92 Å². The van der Waals surface area contributed by atoms with Crippen LogP contribution in [0.15, 0.2) is 194 Å². The summed E-state index contributed by atoms with van der Waals surface area (Å²) in [6, 6.07) is 65.2. The number of carbonyl (C=O) groups excluding carboxylic acids is 1. The Morgan fingerprint density at radius 1 is 0.456 bits per heavy atom. The largest absolute Gasteiger partial charge is 0.322 e. The highest BCUT2D eigenvalue weighted by Gasteiger charge is 2.17. The van der Waals surface area contributed by atoms with Gasteiger partial charge in [0.15, 0.2) is 0 Å². The normalized spacial score (nSPS) is 11.4. The molecule has 0 unspecified atom stereocenters. The molecule has 0 aliphatic carbocycles. The van der Waals surface area contributed by atoms with Gasteiger partial charge in [-0.2, -0.15) is 0 Å². The lowest BCUT2D eigenvalue weighted by molar-refractivity contribution is -0.112. The van der Waals surface area contributed by atoms with Crippen LogP contribution in [-0.4, -0.2) is 5.91 Å². The van der Waals surface area contributed by atoms with Gasteiger partial charge in [0.05, 0.1) is 0 Å². The van der Waals surface area contributed by atoms with Crippen LogP contribution in [0.5, 0.6) is 0 Å². The fourth-order valence-electron chi connectivity index (χ4n) is 7.76. The molecule has 0 spiro atoms. The smallest absolute Gasteiger partial charge is 0.250 e. The fourth-order valence-corrected chi connectivity index (χ4v) is 10.2. The molecule has 10 aromatic rings. The predicted molar refractivity (Wildman–Crippen MR) is 247 cm³/mol. The summed E-state index contributed by atoms with van der Waals surface area (Å²) < 4.78 is 5.25. The molecule has 2 aromatic heterocycles. The number of amides is 1. The standard InChI is InChI=1S/C52H36N2OS2/c1-33(2)52(55)53-38-25-17-34(18-26-38)35-19-27-39(28-20-35)54(40-29-21-36(22-30-40)42-11-7-13-46-44-9-3-5-15-48(44)56-50(42)46)41-31-23-37(24-32-41)43-12-8-14-47-45-10-4-6-16-49(45)57-51(43)47/h3-32H,1H2,2H3,(H,53,55). The molecule has 272 valence electrons. The topological polar surface area (TPSA) is 32.3 Å². The Hall–Kier alpha value is -6.79. The Kier molecular flexibility index (Phi) is 8.74. The molecule has 0 saturated carbocycles. The van der Waals surface area contributed by atoms with Crippen molar-refractivity contribution < 1.29 is 4.79 Å². The van der Waals surface area contributed by atoms with Gasteiger partial charge in [-0.15, -0.1) is 22.7 Å². The third kappa shape index (κ3) is 6.37. The monoisotopic (exact) mass is 768 g/mol. The quantitative estimate of drug-likeness (QED) is 0.156. The molecule has 0 radical (unpaired) electrons. The van der Waals surface area contributed by atoms with Crippen LogP contribution in [0, 0.1) is 0 Å². The number of hydrogen-bond acceptors (Lipinski definition) is 4. The minimum absolute atomic E-state index is 0.178. The first kappa shape index (κ1) is 34.7. The van der Waals surface area contributed by atoms with Crippen LogP contribution in [0.25, 0.3) is 73.7 Å². The molecule has 5 heteroatoms. The van der Waals surface area contributed by atoms with E-state index in [1.165, 1.54) is 62.6 Å². The summed E-state index contributed by atoms with van der Waals surface area (Å²) in [5, 5.41) is 8.12. The van der Waals surface area contributed by atoms with Crippen LogP contribution >= 0.6 is 22.7 Å². The minimum Gasteiger partial charge on any atom is -0.322 e. The summed E-state index contributed by atoms with van der Waals surface area (Å²) in [7, 11) is 0. The second-order valence-corrected chi connectivity index (χ2v) is 16.5. The third-order valence-corrected chi connectivity index (χ3v) is 13.1. The van der Waals surface area contributed by atoms with Gasteiger partial charge in [0.25, 0.3) is 5.91 Å². The van der Waals surface area contributed by atoms with E-state index in [9.17, 15) is 4.79 Å². The summed E-state index contributed by atoms with van der Waals surface area (Å²) >= 11 is 3.72. The molecule has 0 saturated heterocycles. The molecule has 1 N–H and O–H groups in total. The Labute approximate surface area is 339 Å². The van der Waals surface area contributed by atoms with E-state index in [4.69, 9.17) is 0 Å². The summed E-state index contributed by atoms with van der Waals surface area (Å²) in [5.74, 6) is -0.178. The average molecular weight is 769 g/mol. The van der Waals surface area contributed by atoms with Crippen molar-refractivity contribution in [2.24, 2.45) is 0 Å². The molecule has 3 nitrogen and oxygen atoms in total. The van der Waals surface area contributed by atoms with E-state index >= 15 is 0 Å². The molecular weight excluding hydrogens is 733 g/mol. The van der Waals surface area contributed by atoms with Crippen molar-refractivity contribution in [3.8, 4) is 33.4 Å². The van der Waals surface area contributed by atoms with Crippen LogP contribution in [0.2, 0.25) is 0 Å². The molecule has 0 aliphatic heterocycles. The molecular formula is C52H36N2OS2. The van der Waals surface area contributed by atoms with Crippen molar-refractivity contribution in [2.45, 2.75) is 6.92 Å². The number of nitrogens with one attached hydrogen (secondary N) is 1. The van der Waals surface area contributed by atoms with Crippen molar-refractivity contribution in [1.82, 2.24) is 0 Å². The van der Waals surface area contributed by atoms with E-state index < -0.39 is 0 Å². The summed E-state index contributed by atoms with van der Waals surface area (Å²) in [5.41, 5.74) is 11.5. The molecule has 0 fully saturated rings. The van der Waals surface area contributed by atoms with Crippen molar-refractivity contribution >= 4 is 91.7 Å². The van der Waals surface area contributed by atoms with Crippen LogP contribution in [0.4, 0.5) is 22.7 Å². The molecule has 1 amide bonds. The zero-order valence-electron chi connectivity index (χ0n) is 31.2. The fraction of sp³-hybridized carbons (Fsp3) is 0.0192. The van der Waals surface area contributed by atoms with Crippen LogP contribution < -0.4 is 10.2 Å². The van der Waals surface area contributed by atoms with Gasteiger partial charge < -0.3 is 10.2 Å². The highest BCUT2D eigenvalue weighted by molar-refractivity contribution is 7.26. The van der Waals surface area contributed by atoms with Gasteiger partial charge in [0.1, 0.15) is 0 Å². The van der Waals surface area contributed by atoms with Crippen LogP contribution in [0.3, 0.4) is 0 Å². The molecule has 0 atom stereocenters. The molecule has 0 bridgehead atoms. The number of carbonyl (C=O) groups is 1. The number of rotatable bonds is 8. The zero-order valence-corrected chi connectivity index (χ0v) is 32.8. The molecule has 2 heterocycles. The maximum atomic E-state index is 12.1. The number of fused-ring (bicyclic) bond motifs is 6. The molecule has 57 heavy (non-hydrogen) atoms. The predicted octanol–water partition coefficient (Wildman–Crippen LogP) is 15.4. The van der Waals surface area contributed by atoms with E-state index in [2.05, 4.69) is 175 Å². The first-order valence-corrected chi connectivity index (χ1v) is 20.6. The average Bonchev–Trinajstić information content (AvgIpc) is 3.84. The van der Waals surface area contributed by atoms with Gasteiger partial charge >= 0.3 is 0 Å². The first-order chi connectivity index (χ1) is 28.0.